The van der Waals surface area contributed by atoms with Gasteiger partial charge in [-0.2, -0.15) is 0 Å². The molecule has 1 amide bonds. The highest BCUT2D eigenvalue weighted by atomic mass is 35.5. The predicted molar refractivity (Wildman–Crippen MR) is 105 cm³/mol. The van der Waals surface area contributed by atoms with Crippen molar-refractivity contribution < 1.29 is 9.53 Å². The number of hydrogen-bond acceptors (Lipinski definition) is 4. The summed E-state index contributed by atoms with van der Waals surface area (Å²) >= 11 is 0. The average molecular weight is 386 g/mol. The Morgan fingerprint density at radius 3 is 2.04 bits per heavy atom. The molecule has 1 aliphatic heterocycles. The number of ether oxygens (including phenoxy) is 1. The van der Waals surface area contributed by atoms with Gasteiger partial charge in [0.25, 0.3) is 0 Å². The standard InChI is InChI=1S/C17H35N3O2.2ClH/c1-7-17(18,8-2)11-19-16(21)15(12(3)4)20-9-13(5)22-14(6)10-20;;/h12-15H,7-11,18H2,1-6H3,(H,19,21);2*1H. The number of carbonyl (C=O) groups is 1. The molecule has 3 unspecified atom stereocenters. The van der Waals surface area contributed by atoms with E-state index in [1.807, 2.05) is 0 Å². The van der Waals surface area contributed by atoms with E-state index in [9.17, 15) is 4.79 Å². The van der Waals surface area contributed by atoms with Crippen LogP contribution in [-0.2, 0) is 9.53 Å². The molecule has 1 saturated heterocycles. The monoisotopic (exact) mass is 385 g/mol. The summed E-state index contributed by atoms with van der Waals surface area (Å²) in [7, 11) is 0. The highest BCUT2D eigenvalue weighted by Gasteiger charge is 2.34. The van der Waals surface area contributed by atoms with E-state index in [2.05, 4.69) is 51.8 Å². The van der Waals surface area contributed by atoms with Crippen molar-refractivity contribution in [3.63, 3.8) is 0 Å². The Labute approximate surface area is 160 Å². The van der Waals surface area contributed by atoms with Gasteiger partial charge in [-0.25, -0.2) is 0 Å². The van der Waals surface area contributed by atoms with Crippen LogP contribution in [0.4, 0.5) is 0 Å². The maximum absolute atomic E-state index is 12.7. The Bertz CT molecular complexity index is 356. The predicted octanol–water partition coefficient (Wildman–Crippen LogP) is 2.60. The molecule has 3 N–H and O–H groups in total. The highest BCUT2D eigenvalue weighted by molar-refractivity contribution is 5.85. The van der Waals surface area contributed by atoms with Crippen LogP contribution in [0.5, 0.6) is 0 Å². The van der Waals surface area contributed by atoms with Crippen molar-refractivity contribution in [1.82, 2.24) is 10.2 Å². The third-order valence-corrected chi connectivity index (χ3v) is 4.76. The Morgan fingerprint density at radius 2 is 1.67 bits per heavy atom. The maximum Gasteiger partial charge on any atom is 0.237 e. The number of nitrogens with zero attached hydrogens (tertiary/aromatic N) is 1. The molecule has 1 aliphatic rings. The Balaban J connectivity index is 0. The normalized spacial score (nSPS) is 23.2. The van der Waals surface area contributed by atoms with Gasteiger partial charge in [-0.1, -0.05) is 27.7 Å². The van der Waals surface area contributed by atoms with Gasteiger partial charge in [0, 0.05) is 25.2 Å². The largest absolute Gasteiger partial charge is 0.373 e. The second kappa shape index (κ2) is 11.5. The molecule has 0 aromatic heterocycles. The third kappa shape index (κ3) is 7.44. The number of halogens is 2. The van der Waals surface area contributed by atoms with E-state index in [0.717, 1.165) is 25.9 Å². The first-order valence-corrected chi connectivity index (χ1v) is 8.68. The molecule has 1 heterocycles. The van der Waals surface area contributed by atoms with Gasteiger partial charge in [-0.3, -0.25) is 9.69 Å². The molecule has 5 nitrogen and oxygen atoms in total. The molecular formula is C17H37Cl2N3O2. The molecule has 24 heavy (non-hydrogen) atoms. The Kier molecular flexibility index (Phi) is 12.6. The molecule has 0 aromatic carbocycles. The molecule has 146 valence electrons. The van der Waals surface area contributed by atoms with Crippen LogP contribution in [0.25, 0.3) is 0 Å². The Hall–Kier alpha value is -0.0700. The molecule has 0 spiro atoms. The minimum Gasteiger partial charge on any atom is -0.373 e. The van der Waals surface area contributed by atoms with E-state index in [-0.39, 0.29) is 60.4 Å². The second-order valence-electron chi connectivity index (χ2n) is 7.19. The zero-order valence-corrected chi connectivity index (χ0v) is 17.6. The number of hydrogen-bond donors (Lipinski definition) is 2. The second-order valence-corrected chi connectivity index (χ2v) is 7.19. The van der Waals surface area contributed by atoms with E-state index in [4.69, 9.17) is 10.5 Å². The summed E-state index contributed by atoms with van der Waals surface area (Å²) in [5.41, 5.74) is 5.99. The molecule has 1 rings (SSSR count). The summed E-state index contributed by atoms with van der Waals surface area (Å²) in [6.45, 7) is 14.6. The van der Waals surface area contributed by atoms with Gasteiger partial charge in [0.1, 0.15) is 0 Å². The van der Waals surface area contributed by atoms with Crippen LogP contribution in [0.3, 0.4) is 0 Å². The molecule has 1 fully saturated rings. The maximum atomic E-state index is 12.7. The lowest BCUT2D eigenvalue weighted by molar-refractivity contribution is -0.135. The number of nitrogens with one attached hydrogen (secondary N) is 1. The van der Waals surface area contributed by atoms with Crippen LogP contribution in [0.15, 0.2) is 0 Å². The molecule has 0 aromatic rings. The van der Waals surface area contributed by atoms with Crippen molar-refractivity contribution in [2.75, 3.05) is 19.6 Å². The number of amides is 1. The molecule has 0 bridgehead atoms. The number of nitrogens with two attached hydrogens (primary N) is 1. The fourth-order valence-electron chi connectivity index (χ4n) is 3.20. The topological polar surface area (TPSA) is 67.6 Å². The zero-order valence-electron chi connectivity index (χ0n) is 16.0. The summed E-state index contributed by atoms with van der Waals surface area (Å²) in [6, 6.07) is -0.119. The van der Waals surface area contributed by atoms with Gasteiger partial charge >= 0.3 is 0 Å². The van der Waals surface area contributed by atoms with Crippen LogP contribution in [-0.4, -0.2) is 54.2 Å². The summed E-state index contributed by atoms with van der Waals surface area (Å²) in [4.78, 5) is 15.0. The molecule has 0 radical (unpaired) electrons. The van der Waals surface area contributed by atoms with Crippen molar-refractivity contribution in [2.24, 2.45) is 11.7 Å². The van der Waals surface area contributed by atoms with Crippen LogP contribution >= 0.6 is 24.8 Å². The van der Waals surface area contributed by atoms with Gasteiger partial charge in [0.2, 0.25) is 5.91 Å². The lowest BCUT2D eigenvalue weighted by Crippen LogP contribution is -2.59. The molecule has 0 saturated carbocycles. The number of morpholine rings is 1. The van der Waals surface area contributed by atoms with E-state index in [1.165, 1.54) is 0 Å². The van der Waals surface area contributed by atoms with Crippen molar-refractivity contribution in [3.8, 4) is 0 Å². The zero-order chi connectivity index (χ0) is 16.9. The van der Waals surface area contributed by atoms with Gasteiger partial charge in [-0.15, -0.1) is 24.8 Å². The Morgan fingerprint density at radius 1 is 1.21 bits per heavy atom. The van der Waals surface area contributed by atoms with Gasteiger partial charge < -0.3 is 15.8 Å². The summed E-state index contributed by atoms with van der Waals surface area (Å²) in [5, 5.41) is 3.09. The van der Waals surface area contributed by atoms with E-state index >= 15 is 0 Å². The number of carbonyl (C=O) groups excluding carboxylic acids is 1. The lowest BCUT2D eigenvalue weighted by atomic mass is 9.93. The van der Waals surface area contributed by atoms with Crippen molar-refractivity contribution >= 4 is 30.7 Å². The molecular weight excluding hydrogens is 349 g/mol. The van der Waals surface area contributed by atoms with Gasteiger partial charge in [0.05, 0.1) is 18.2 Å². The van der Waals surface area contributed by atoms with Crippen LogP contribution in [0.1, 0.15) is 54.4 Å². The van der Waals surface area contributed by atoms with Gasteiger partial charge in [0.15, 0.2) is 0 Å². The van der Waals surface area contributed by atoms with Crippen LogP contribution < -0.4 is 11.1 Å². The summed E-state index contributed by atoms with van der Waals surface area (Å²) in [6.07, 6.45) is 2.05. The molecule has 0 aliphatic carbocycles. The smallest absolute Gasteiger partial charge is 0.237 e. The van der Waals surface area contributed by atoms with Crippen LogP contribution in [0, 0.1) is 5.92 Å². The first-order chi connectivity index (χ1) is 10.2. The van der Waals surface area contributed by atoms with Crippen molar-refractivity contribution in [2.45, 2.75) is 78.2 Å². The summed E-state index contributed by atoms with van der Waals surface area (Å²) in [5.74, 6) is 0.348. The van der Waals surface area contributed by atoms with E-state index < -0.39 is 0 Å². The fourth-order valence-corrected chi connectivity index (χ4v) is 3.20. The summed E-state index contributed by atoms with van der Waals surface area (Å²) < 4.78 is 5.78. The third-order valence-electron chi connectivity index (χ3n) is 4.76. The SMILES string of the molecule is CCC(N)(CC)CNC(=O)C(C(C)C)N1CC(C)OC(C)C1.Cl.Cl. The lowest BCUT2D eigenvalue weighted by Gasteiger charge is -2.41. The van der Waals surface area contributed by atoms with Crippen molar-refractivity contribution in [3.05, 3.63) is 0 Å². The van der Waals surface area contributed by atoms with E-state index in [1.54, 1.807) is 0 Å². The molecule has 7 heteroatoms. The van der Waals surface area contributed by atoms with Gasteiger partial charge in [-0.05, 0) is 32.6 Å². The molecule has 3 atom stereocenters. The first kappa shape index (κ1) is 26.2. The minimum atomic E-state index is -0.303. The van der Waals surface area contributed by atoms with Crippen molar-refractivity contribution in [1.29, 1.82) is 0 Å². The quantitative estimate of drug-likeness (QED) is 0.706. The first-order valence-electron chi connectivity index (χ1n) is 8.68. The van der Waals surface area contributed by atoms with Crippen LogP contribution in [0.2, 0.25) is 0 Å². The fraction of sp³-hybridized carbons (Fsp3) is 0.941. The number of rotatable bonds is 7. The minimum absolute atomic E-state index is 0. The average Bonchev–Trinajstić information content (AvgIpc) is 2.43. The van der Waals surface area contributed by atoms with E-state index in [0.29, 0.717) is 6.54 Å². The highest BCUT2D eigenvalue weighted by Crippen LogP contribution is 2.19.